The van der Waals surface area contributed by atoms with E-state index >= 15 is 0 Å². The Morgan fingerprint density at radius 2 is 1.88 bits per heavy atom. The van der Waals surface area contributed by atoms with Gasteiger partial charge >= 0.3 is 0 Å². The van der Waals surface area contributed by atoms with E-state index in [1.807, 2.05) is 30.5 Å². The van der Waals surface area contributed by atoms with Gasteiger partial charge in [0.1, 0.15) is 0 Å². The van der Waals surface area contributed by atoms with Gasteiger partial charge in [-0.25, -0.2) is 12.7 Å². The Bertz CT molecular complexity index is 1380. The third-order valence-electron chi connectivity index (χ3n) is 7.10. The Morgan fingerprint density at radius 3 is 2.58 bits per heavy atom. The number of hydrogen-bond donors (Lipinski definition) is 2. The number of rotatable bonds is 5. The van der Waals surface area contributed by atoms with Crippen molar-refractivity contribution in [2.75, 3.05) is 18.8 Å². The average molecular weight is 466 g/mol. The molecule has 0 unspecified atom stereocenters. The van der Waals surface area contributed by atoms with Gasteiger partial charge in [-0.1, -0.05) is 12.1 Å². The van der Waals surface area contributed by atoms with Gasteiger partial charge in [0.2, 0.25) is 10.0 Å². The number of aryl methyl sites for hydroxylation is 1. The van der Waals surface area contributed by atoms with E-state index in [0.717, 1.165) is 52.5 Å². The number of nitrogens with zero attached hydrogens (tertiary/aromatic N) is 1. The monoisotopic (exact) mass is 465 g/mol. The van der Waals surface area contributed by atoms with Gasteiger partial charge in [-0.15, -0.1) is 0 Å². The summed E-state index contributed by atoms with van der Waals surface area (Å²) in [4.78, 5) is 27.8. The van der Waals surface area contributed by atoms with Crippen LogP contribution < -0.4 is 5.73 Å². The molecule has 172 valence electrons. The molecule has 0 radical (unpaired) electrons. The normalized spacial score (nSPS) is 17.5. The Kier molecular flexibility index (Phi) is 5.37. The Labute approximate surface area is 193 Å². The number of Topliss-reactive ketones (excluding diaryl/α,β-unsaturated/α-hetero) is 1. The number of fused-ring (bicyclic) bond motifs is 2. The van der Waals surface area contributed by atoms with Crippen LogP contribution in [0.3, 0.4) is 0 Å². The maximum Gasteiger partial charge on any atom is 0.250 e. The molecule has 1 saturated heterocycles. The number of H-pyrrole nitrogens is 1. The van der Waals surface area contributed by atoms with Gasteiger partial charge in [0.25, 0.3) is 5.91 Å². The van der Waals surface area contributed by atoms with Gasteiger partial charge in [0.15, 0.2) is 5.78 Å². The fourth-order valence-corrected chi connectivity index (χ4v) is 6.33. The zero-order valence-corrected chi connectivity index (χ0v) is 19.4. The Balaban J connectivity index is 1.55. The number of aromatic nitrogens is 1. The van der Waals surface area contributed by atoms with Crippen LogP contribution in [-0.4, -0.2) is 48.2 Å². The topological polar surface area (TPSA) is 113 Å². The van der Waals surface area contributed by atoms with Crippen LogP contribution in [0.15, 0.2) is 36.5 Å². The van der Waals surface area contributed by atoms with E-state index in [1.165, 1.54) is 0 Å². The van der Waals surface area contributed by atoms with Crippen molar-refractivity contribution in [2.24, 2.45) is 5.73 Å². The van der Waals surface area contributed by atoms with Crippen LogP contribution in [-0.2, 0) is 16.4 Å². The lowest BCUT2D eigenvalue weighted by molar-refractivity contribution is 0.0989. The Morgan fingerprint density at radius 1 is 1.12 bits per heavy atom. The van der Waals surface area contributed by atoms with Gasteiger partial charge in [-0.2, -0.15) is 0 Å². The maximum absolute atomic E-state index is 12.3. The standard InChI is InChI=1S/C25H27N3O4S/c1-2-33(31,32)28-9-7-16(8-10-28)22-14-27-24-20(22)12-18(13-21(24)25(26)30)17-4-3-15-5-6-23(29)19(15)11-17/h3-4,11-14,16,27H,2,5-10H2,1H3,(H2,26,30). The second kappa shape index (κ2) is 8.11. The fraction of sp³-hybridized carbons (Fsp3) is 0.360. The average Bonchev–Trinajstić information content (AvgIpc) is 3.41. The molecule has 1 aliphatic heterocycles. The second-order valence-corrected chi connectivity index (χ2v) is 11.2. The highest BCUT2D eigenvalue weighted by Crippen LogP contribution is 2.38. The van der Waals surface area contributed by atoms with E-state index in [9.17, 15) is 18.0 Å². The fourth-order valence-electron chi connectivity index (χ4n) is 5.20. The maximum atomic E-state index is 12.3. The number of carbonyl (C=O) groups is 2. The van der Waals surface area contributed by atoms with Crippen LogP contribution in [0.4, 0.5) is 0 Å². The zero-order valence-electron chi connectivity index (χ0n) is 18.6. The molecule has 7 nitrogen and oxygen atoms in total. The molecule has 3 N–H and O–H groups in total. The summed E-state index contributed by atoms with van der Waals surface area (Å²) in [5.74, 6) is -0.0746. The number of hydrogen-bond acceptors (Lipinski definition) is 4. The van der Waals surface area contributed by atoms with Crippen LogP contribution in [0.2, 0.25) is 0 Å². The number of carbonyl (C=O) groups excluding carboxylic acids is 2. The lowest BCUT2D eigenvalue weighted by Crippen LogP contribution is -2.38. The van der Waals surface area contributed by atoms with Gasteiger partial charge in [0.05, 0.1) is 16.8 Å². The Hall–Kier alpha value is -2.97. The molecule has 2 aromatic carbocycles. The van der Waals surface area contributed by atoms with Crippen molar-refractivity contribution >= 4 is 32.6 Å². The number of piperidine rings is 1. The van der Waals surface area contributed by atoms with E-state index in [4.69, 9.17) is 5.73 Å². The van der Waals surface area contributed by atoms with Crippen LogP contribution in [0.25, 0.3) is 22.0 Å². The molecular weight excluding hydrogens is 438 g/mol. The van der Waals surface area contributed by atoms with Crippen molar-refractivity contribution in [1.82, 2.24) is 9.29 Å². The number of sulfonamides is 1. The first-order chi connectivity index (χ1) is 15.8. The first-order valence-corrected chi connectivity index (χ1v) is 13.0. The lowest BCUT2D eigenvalue weighted by atomic mass is 9.88. The van der Waals surface area contributed by atoms with Gasteiger partial charge in [0, 0.05) is 36.7 Å². The lowest BCUT2D eigenvalue weighted by Gasteiger charge is -2.31. The van der Waals surface area contributed by atoms with E-state index in [-0.39, 0.29) is 17.5 Å². The molecule has 1 fully saturated rings. The van der Waals surface area contributed by atoms with Gasteiger partial charge in [-0.3, -0.25) is 9.59 Å². The molecule has 0 atom stereocenters. The smallest absolute Gasteiger partial charge is 0.250 e. The summed E-state index contributed by atoms with van der Waals surface area (Å²) in [5.41, 5.74) is 11.4. The quantitative estimate of drug-likeness (QED) is 0.599. The molecule has 1 aromatic heterocycles. The van der Waals surface area contributed by atoms with E-state index in [1.54, 1.807) is 17.3 Å². The molecule has 33 heavy (non-hydrogen) atoms. The van der Waals surface area contributed by atoms with Crippen molar-refractivity contribution in [3.05, 3.63) is 58.8 Å². The minimum atomic E-state index is -3.19. The number of nitrogens with two attached hydrogens (primary N) is 1. The molecule has 2 aliphatic rings. The van der Waals surface area contributed by atoms with Crippen molar-refractivity contribution < 1.29 is 18.0 Å². The highest BCUT2D eigenvalue weighted by atomic mass is 32.2. The van der Waals surface area contributed by atoms with E-state index in [0.29, 0.717) is 30.6 Å². The first-order valence-electron chi connectivity index (χ1n) is 11.4. The number of ketones is 1. The summed E-state index contributed by atoms with van der Waals surface area (Å²) < 4.78 is 26.0. The molecular formula is C25H27N3O4S. The van der Waals surface area contributed by atoms with E-state index < -0.39 is 15.9 Å². The summed E-state index contributed by atoms with van der Waals surface area (Å²) >= 11 is 0. The van der Waals surface area contributed by atoms with E-state index in [2.05, 4.69) is 4.98 Å². The van der Waals surface area contributed by atoms with Crippen molar-refractivity contribution in [1.29, 1.82) is 0 Å². The summed E-state index contributed by atoms with van der Waals surface area (Å²) in [6.07, 6.45) is 4.67. The van der Waals surface area contributed by atoms with Crippen LogP contribution >= 0.6 is 0 Å². The third kappa shape index (κ3) is 3.77. The van der Waals surface area contributed by atoms with Crippen LogP contribution in [0.5, 0.6) is 0 Å². The zero-order chi connectivity index (χ0) is 23.3. The largest absolute Gasteiger partial charge is 0.366 e. The number of primary amides is 1. The second-order valence-electron chi connectivity index (χ2n) is 8.92. The molecule has 2 heterocycles. The third-order valence-corrected chi connectivity index (χ3v) is 8.99. The minimum absolute atomic E-state index is 0.110. The highest BCUT2D eigenvalue weighted by Gasteiger charge is 2.29. The predicted octanol–water partition coefficient (Wildman–Crippen LogP) is 3.59. The van der Waals surface area contributed by atoms with Crippen molar-refractivity contribution in [3.8, 4) is 11.1 Å². The number of amides is 1. The van der Waals surface area contributed by atoms with Crippen LogP contribution in [0, 0.1) is 0 Å². The van der Waals surface area contributed by atoms with Crippen molar-refractivity contribution in [2.45, 2.75) is 38.5 Å². The first kappa shape index (κ1) is 21.9. The number of aromatic amines is 1. The summed E-state index contributed by atoms with van der Waals surface area (Å²) in [7, 11) is -3.19. The molecule has 8 heteroatoms. The molecule has 1 aliphatic carbocycles. The van der Waals surface area contributed by atoms with Gasteiger partial charge in [-0.05, 0) is 72.6 Å². The molecule has 3 aromatic rings. The van der Waals surface area contributed by atoms with Crippen LogP contribution in [0.1, 0.15) is 63.9 Å². The molecule has 0 spiro atoms. The molecule has 1 amide bonds. The molecule has 5 rings (SSSR count). The van der Waals surface area contributed by atoms with Gasteiger partial charge < -0.3 is 10.7 Å². The summed E-state index contributed by atoms with van der Waals surface area (Å²) in [5, 5.41) is 0.921. The SMILES string of the molecule is CCS(=O)(=O)N1CCC(c2c[nH]c3c(C(N)=O)cc(-c4ccc5c(c4)C(=O)CC5)cc23)CC1. The summed E-state index contributed by atoms with van der Waals surface area (Å²) in [6, 6.07) is 9.72. The molecule has 0 saturated carbocycles. The van der Waals surface area contributed by atoms with Crippen molar-refractivity contribution in [3.63, 3.8) is 0 Å². The number of benzene rings is 2. The summed E-state index contributed by atoms with van der Waals surface area (Å²) in [6.45, 7) is 2.64. The molecule has 0 bridgehead atoms. The number of nitrogens with one attached hydrogen (secondary N) is 1. The predicted molar refractivity (Wildman–Crippen MR) is 128 cm³/mol. The minimum Gasteiger partial charge on any atom is -0.366 e. The highest BCUT2D eigenvalue weighted by molar-refractivity contribution is 7.89.